The first-order valence-corrected chi connectivity index (χ1v) is 3.72. The molecule has 0 bridgehead atoms. The van der Waals surface area contributed by atoms with Crippen molar-refractivity contribution in [2.45, 2.75) is 25.4 Å². The van der Waals surface area contributed by atoms with Gasteiger partial charge in [0.15, 0.2) is 0 Å². The first kappa shape index (κ1) is 11.0. The number of aliphatic hydroxyl groups excluding tert-OH is 1. The van der Waals surface area contributed by atoms with Gasteiger partial charge in [0.1, 0.15) is 0 Å². The second kappa shape index (κ2) is 5.58. The summed E-state index contributed by atoms with van der Waals surface area (Å²) in [4.78, 5) is 11.1. The highest BCUT2D eigenvalue weighted by Crippen LogP contribution is 1.87. The maximum Gasteiger partial charge on any atom is 0.238 e. The van der Waals surface area contributed by atoms with Gasteiger partial charge in [-0.1, -0.05) is 0 Å². The molecular formula is C8H14N2O2. The van der Waals surface area contributed by atoms with Gasteiger partial charge in [-0.05, 0) is 6.92 Å². The Balaban J connectivity index is 3.80. The van der Waals surface area contributed by atoms with Gasteiger partial charge in [0.2, 0.25) is 5.91 Å². The molecule has 2 atom stereocenters. The average Bonchev–Trinajstić information content (AvgIpc) is 2.04. The van der Waals surface area contributed by atoms with Gasteiger partial charge in [-0.3, -0.25) is 4.79 Å². The fraction of sp³-hybridized carbons (Fsp3) is 0.625. The van der Waals surface area contributed by atoms with Crippen LogP contribution in [-0.4, -0.2) is 29.7 Å². The van der Waals surface area contributed by atoms with Crippen LogP contribution in [-0.2, 0) is 4.79 Å². The summed E-state index contributed by atoms with van der Waals surface area (Å²) in [5.41, 5.74) is 5.39. The lowest BCUT2D eigenvalue weighted by atomic mass is 10.2. The predicted molar refractivity (Wildman–Crippen MR) is 46.1 cm³/mol. The fourth-order valence-corrected chi connectivity index (χ4v) is 0.615. The normalized spacial score (nSPS) is 14.5. The van der Waals surface area contributed by atoms with Gasteiger partial charge in [0.05, 0.1) is 12.6 Å². The molecule has 4 nitrogen and oxygen atoms in total. The number of hydrogen-bond acceptors (Lipinski definition) is 3. The number of terminal acetylenes is 1. The number of carbonyl (C=O) groups is 1. The number of nitrogens with two attached hydrogens (primary N) is 1. The summed E-state index contributed by atoms with van der Waals surface area (Å²) in [6.45, 7) is 1.58. The van der Waals surface area contributed by atoms with E-state index in [1.165, 1.54) is 0 Å². The van der Waals surface area contributed by atoms with Crippen molar-refractivity contribution in [3.05, 3.63) is 0 Å². The molecule has 4 heteroatoms. The van der Waals surface area contributed by atoms with Gasteiger partial charge in [0.25, 0.3) is 0 Å². The Labute approximate surface area is 72.1 Å². The third-order valence-electron chi connectivity index (χ3n) is 1.34. The van der Waals surface area contributed by atoms with Crippen LogP contribution in [0.15, 0.2) is 0 Å². The molecule has 0 saturated heterocycles. The zero-order valence-electron chi connectivity index (χ0n) is 7.08. The largest absolute Gasteiger partial charge is 0.394 e. The van der Waals surface area contributed by atoms with Crippen LogP contribution in [0, 0.1) is 12.3 Å². The van der Waals surface area contributed by atoms with E-state index in [1.807, 2.05) is 0 Å². The minimum Gasteiger partial charge on any atom is -0.394 e. The van der Waals surface area contributed by atoms with Crippen molar-refractivity contribution in [2.75, 3.05) is 6.61 Å². The Morgan fingerprint density at radius 2 is 2.42 bits per heavy atom. The number of aliphatic hydroxyl groups is 1. The molecular weight excluding hydrogens is 156 g/mol. The molecule has 0 aliphatic carbocycles. The van der Waals surface area contributed by atoms with Crippen molar-refractivity contribution in [1.29, 1.82) is 0 Å². The number of hydrogen-bond donors (Lipinski definition) is 3. The molecule has 12 heavy (non-hydrogen) atoms. The summed E-state index contributed by atoms with van der Waals surface area (Å²) < 4.78 is 0. The summed E-state index contributed by atoms with van der Waals surface area (Å²) >= 11 is 0. The maximum absolute atomic E-state index is 11.1. The molecule has 0 heterocycles. The Morgan fingerprint density at radius 3 is 2.83 bits per heavy atom. The van der Waals surface area contributed by atoms with Crippen LogP contribution in [0.3, 0.4) is 0 Å². The molecule has 0 aromatic carbocycles. The van der Waals surface area contributed by atoms with Crippen LogP contribution in [0.25, 0.3) is 0 Å². The first-order valence-electron chi connectivity index (χ1n) is 3.72. The van der Waals surface area contributed by atoms with E-state index in [2.05, 4.69) is 11.2 Å². The number of amides is 1. The third kappa shape index (κ3) is 3.96. The van der Waals surface area contributed by atoms with Crippen molar-refractivity contribution < 1.29 is 9.90 Å². The topological polar surface area (TPSA) is 75.4 Å². The van der Waals surface area contributed by atoms with Crippen LogP contribution in [0.4, 0.5) is 0 Å². The molecule has 1 amide bonds. The summed E-state index contributed by atoms with van der Waals surface area (Å²) in [6, 6.07) is -0.953. The lowest BCUT2D eigenvalue weighted by molar-refractivity contribution is -0.123. The highest BCUT2D eigenvalue weighted by Gasteiger charge is 2.13. The highest BCUT2D eigenvalue weighted by atomic mass is 16.3. The van der Waals surface area contributed by atoms with E-state index in [-0.39, 0.29) is 25.0 Å². The summed E-state index contributed by atoms with van der Waals surface area (Å²) in [5.74, 6) is 1.97. The van der Waals surface area contributed by atoms with Crippen LogP contribution in [0.5, 0.6) is 0 Å². The molecule has 0 radical (unpaired) electrons. The molecule has 4 N–H and O–H groups in total. The number of nitrogens with one attached hydrogen (secondary N) is 1. The quantitative estimate of drug-likeness (QED) is 0.465. The lowest BCUT2D eigenvalue weighted by Gasteiger charge is -2.13. The van der Waals surface area contributed by atoms with E-state index in [1.54, 1.807) is 6.92 Å². The predicted octanol–water partition coefficient (Wildman–Crippen LogP) is -1.17. The van der Waals surface area contributed by atoms with Gasteiger partial charge < -0.3 is 16.2 Å². The van der Waals surface area contributed by atoms with E-state index in [0.29, 0.717) is 0 Å². The highest BCUT2D eigenvalue weighted by molar-refractivity contribution is 5.82. The minimum absolute atomic E-state index is 0.103. The Hall–Kier alpha value is -1.05. The SMILES string of the molecule is C#CCC(N)C(=O)NC(C)CO. The molecule has 0 aliphatic rings. The molecule has 0 rings (SSSR count). The van der Waals surface area contributed by atoms with Gasteiger partial charge >= 0.3 is 0 Å². The van der Waals surface area contributed by atoms with Crippen LogP contribution < -0.4 is 11.1 Å². The Kier molecular flexibility index (Phi) is 5.09. The van der Waals surface area contributed by atoms with Crippen LogP contribution >= 0.6 is 0 Å². The molecule has 2 unspecified atom stereocenters. The zero-order valence-corrected chi connectivity index (χ0v) is 7.08. The van der Waals surface area contributed by atoms with E-state index in [4.69, 9.17) is 17.3 Å². The minimum atomic E-state index is -0.677. The van der Waals surface area contributed by atoms with Gasteiger partial charge in [-0.2, -0.15) is 0 Å². The van der Waals surface area contributed by atoms with Crippen molar-refractivity contribution in [3.8, 4) is 12.3 Å². The average molecular weight is 170 g/mol. The van der Waals surface area contributed by atoms with E-state index in [9.17, 15) is 4.79 Å². The molecule has 0 saturated carbocycles. The molecule has 0 aliphatic heterocycles. The second-order valence-electron chi connectivity index (χ2n) is 2.61. The summed E-state index contributed by atoms with van der Waals surface area (Å²) in [5, 5.41) is 11.1. The molecule has 0 aromatic heterocycles. The maximum atomic E-state index is 11.1. The van der Waals surface area contributed by atoms with Gasteiger partial charge in [-0.15, -0.1) is 12.3 Å². The molecule has 68 valence electrons. The Morgan fingerprint density at radius 1 is 1.83 bits per heavy atom. The van der Waals surface area contributed by atoms with E-state index < -0.39 is 6.04 Å². The van der Waals surface area contributed by atoms with Crippen LogP contribution in [0.2, 0.25) is 0 Å². The summed E-state index contributed by atoms with van der Waals surface area (Å²) in [6.07, 6.45) is 5.18. The Bertz CT molecular complexity index is 186. The molecule has 0 spiro atoms. The third-order valence-corrected chi connectivity index (χ3v) is 1.34. The molecule has 0 aromatic rings. The van der Waals surface area contributed by atoms with Crippen molar-refractivity contribution in [1.82, 2.24) is 5.32 Å². The van der Waals surface area contributed by atoms with Crippen molar-refractivity contribution >= 4 is 5.91 Å². The van der Waals surface area contributed by atoms with E-state index in [0.717, 1.165) is 0 Å². The van der Waals surface area contributed by atoms with Crippen molar-refractivity contribution in [3.63, 3.8) is 0 Å². The standard InChI is InChI=1S/C8H14N2O2/c1-3-4-7(9)8(12)10-6(2)5-11/h1,6-7,11H,4-5,9H2,2H3,(H,10,12). The summed E-state index contributed by atoms with van der Waals surface area (Å²) in [7, 11) is 0. The van der Waals surface area contributed by atoms with Crippen LogP contribution in [0.1, 0.15) is 13.3 Å². The smallest absolute Gasteiger partial charge is 0.238 e. The lowest BCUT2D eigenvalue weighted by Crippen LogP contribution is -2.45. The second-order valence-corrected chi connectivity index (χ2v) is 2.61. The monoisotopic (exact) mass is 170 g/mol. The van der Waals surface area contributed by atoms with Gasteiger partial charge in [0, 0.05) is 12.5 Å². The zero-order chi connectivity index (χ0) is 9.56. The van der Waals surface area contributed by atoms with Crippen molar-refractivity contribution in [2.24, 2.45) is 5.73 Å². The van der Waals surface area contributed by atoms with Gasteiger partial charge in [-0.25, -0.2) is 0 Å². The molecule has 0 fully saturated rings. The first-order chi connectivity index (χ1) is 5.61. The fourth-order valence-electron chi connectivity index (χ4n) is 0.615. The number of rotatable bonds is 4. The van der Waals surface area contributed by atoms with E-state index >= 15 is 0 Å². The number of carbonyl (C=O) groups excluding carboxylic acids is 1.